The summed E-state index contributed by atoms with van der Waals surface area (Å²) in [5.41, 5.74) is 0. The van der Waals surface area contributed by atoms with E-state index in [4.69, 9.17) is 18.9 Å². The molecule has 2 atom stereocenters. The lowest BCUT2D eigenvalue weighted by atomic mass is 10.0. The number of esters is 2. The summed E-state index contributed by atoms with van der Waals surface area (Å²) in [6, 6.07) is 0. The summed E-state index contributed by atoms with van der Waals surface area (Å²) in [5, 5.41) is 9.78. The molecule has 0 amide bonds. The lowest BCUT2D eigenvalue weighted by Gasteiger charge is -2.25. The first-order valence-corrected chi connectivity index (χ1v) is 41.4. The van der Waals surface area contributed by atoms with Crippen molar-refractivity contribution < 1.29 is 42.9 Å². The van der Waals surface area contributed by atoms with Crippen LogP contribution in [0.15, 0.2) is 97.2 Å². The summed E-state index contributed by atoms with van der Waals surface area (Å²) in [6.45, 7) is 4.81. The van der Waals surface area contributed by atoms with Crippen LogP contribution in [0.25, 0.3) is 0 Å². The van der Waals surface area contributed by atoms with Crippen molar-refractivity contribution in [3.05, 3.63) is 97.2 Å². The Hall–Kier alpha value is -3.79. The maximum absolute atomic E-state index is 13.0. The summed E-state index contributed by atoms with van der Waals surface area (Å²) >= 11 is 0. The Bertz CT molecular complexity index is 1920. The fourth-order valence-electron chi connectivity index (χ4n) is 12.1. The number of carboxylic acid groups (broad SMARTS) is 1. The van der Waals surface area contributed by atoms with Gasteiger partial charge in [0, 0.05) is 12.8 Å². The number of quaternary nitrogens is 1. The minimum absolute atomic E-state index is 0.179. The van der Waals surface area contributed by atoms with Crippen molar-refractivity contribution in [1.82, 2.24) is 0 Å². The van der Waals surface area contributed by atoms with Crippen molar-refractivity contribution in [2.45, 2.75) is 399 Å². The molecule has 0 aliphatic rings. The highest BCUT2D eigenvalue weighted by Gasteiger charge is 2.25. The molecule has 0 saturated carbocycles. The van der Waals surface area contributed by atoms with E-state index in [-0.39, 0.29) is 38.2 Å². The van der Waals surface area contributed by atoms with Crippen LogP contribution in [0.3, 0.4) is 0 Å². The molecular formula is C88H158NO8+. The smallest absolute Gasteiger partial charge is 0.361 e. The molecular weight excluding hydrogens is 1200 g/mol. The highest BCUT2D eigenvalue weighted by molar-refractivity contribution is 5.71. The van der Waals surface area contributed by atoms with Gasteiger partial charge in [-0.3, -0.25) is 9.59 Å². The number of allylic oxidation sites excluding steroid dienone is 16. The first-order valence-electron chi connectivity index (χ1n) is 41.4. The van der Waals surface area contributed by atoms with Crippen molar-refractivity contribution in [2.75, 3.05) is 47.5 Å². The van der Waals surface area contributed by atoms with Crippen LogP contribution in [-0.4, -0.2) is 87.4 Å². The largest absolute Gasteiger partial charge is 0.477 e. The molecule has 0 aromatic heterocycles. The van der Waals surface area contributed by atoms with Crippen LogP contribution in [0.1, 0.15) is 386 Å². The van der Waals surface area contributed by atoms with Crippen LogP contribution < -0.4 is 0 Å². The number of carbonyl (C=O) groups is 3. The van der Waals surface area contributed by atoms with Crippen molar-refractivity contribution in [2.24, 2.45) is 0 Å². The molecule has 0 aliphatic carbocycles. The van der Waals surface area contributed by atoms with Crippen LogP contribution in [0.2, 0.25) is 0 Å². The normalized spacial score (nSPS) is 13.1. The summed E-state index contributed by atoms with van der Waals surface area (Å²) in [4.78, 5) is 37.8. The van der Waals surface area contributed by atoms with E-state index < -0.39 is 18.4 Å². The topological polar surface area (TPSA) is 108 Å². The van der Waals surface area contributed by atoms with Gasteiger partial charge in [0.05, 0.1) is 34.4 Å². The van der Waals surface area contributed by atoms with Crippen molar-refractivity contribution in [1.29, 1.82) is 0 Å². The second-order valence-corrected chi connectivity index (χ2v) is 29.1. The van der Waals surface area contributed by atoms with Gasteiger partial charge in [-0.15, -0.1) is 0 Å². The third-order valence-electron chi connectivity index (χ3n) is 18.3. The monoisotopic (exact) mass is 1360 g/mol. The highest BCUT2D eigenvalue weighted by Crippen LogP contribution is 2.19. The predicted molar refractivity (Wildman–Crippen MR) is 419 cm³/mol. The lowest BCUT2D eigenvalue weighted by molar-refractivity contribution is -0.870. The molecule has 1 N–H and O–H groups in total. The fraction of sp³-hybridized carbons (Fsp3) is 0.784. The number of ether oxygens (including phenoxy) is 4. The number of likely N-dealkylation sites (N-methyl/N-ethyl adjacent to an activating group) is 1. The molecule has 0 saturated heterocycles. The first kappa shape index (κ1) is 93.2. The molecule has 0 heterocycles. The molecule has 0 aliphatic heterocycles. The molecule has 9 nitrogen and oxygen atoms in total. The molecule has 9 heteroatoms. The summed E-state index contributed by atoms with van der Waals surface area (Å²) < 4.78 is 23.1. The maximum atomic E-state index is 13.0. The average molecular weight is 1360 g/mol. The number of hydrogen-bond acceptors (Lipinski definition) is 7. The molecule has 2 unspecified atom stereocenters. The van der Waals surface area contributed by atoms with Gasteiger partial charge in [0.1, 0.15) is 13.2 Å². The number of nitrogens with zero attached hydrogens (tertiary/aromatic N) is 1. The van der Waals surface area contributed by atoms with E-state index in [1.54, 1.807) is 0 Å². The van der Waals surface area contributed by atoms with Crippen molar-refractivity contribution in [3.8, 4) is 0 Å². The van der Waals surface area contributed by atoms with Crippen LogP contribution in [-0.2, 0) is 33.3 Å². The molecule has 0 bridgehead atoms. The van der Waals surface area contributed by atoms with E-state index in [9.17, 15) is 19.5 Å². The lowest BCUT2D eigenvalue weighted by Crippen LogP contribution is -2.40. The number of aliphatic carboxylic acids is 1. The van der Waals surface area contributed by atoms with Gasteiger partial charge < -0.3 is 28.5 Å². The molecule has 97 heavy (non-hydrogen) atoms. The average Bonchev–Trinajstić information content (AvgIpc) is 3.27. The van der Waals surface area contributed by atoms with E-state index in [0.717, 1.165) is 83.5 Å². The standard InChI is InChI=1S/C88H157NO8/c1-6-8-10-12-14-16-18-20-22-24-26-28-30-32-34-36-38-39-40-41-42-43-44-45-46-47-49-51-53-55-57-59-61-63-65-67-69-71-73-75-77-79-86(91)97-84(83-96-88(87(92)93)94-81-80-89(3,4)5)82-95-85(90)78-76-74-72-70-68-66-64-62-60-58-56-54-52-50-48-37-35-33-31-29-27-25-23-21-19-17-15-13-11-9-7-2/h8,10,14,16,19-22,25-28,32,34,38-39,84,88H,6-7,9,11-13,15,17-18,23-24,29-31,33,35-37,40-83H2,1-5H3/p+1/b10-8-,16-14-,21-19-,22-20-,27-25-,28-26-,34-32-,39-38-. The highest BCUT2D eigenvalue weighted by atomic mass is 16.7. The third-order valence-corrected chi connectivity index (χ3v) is 18.3. The SMILES string of the molecule is CC/C=C\C/C=C\C/C=C\C/C=C\C/C=C\C/C=C\CCCCCCCCCCCCCCCCCCCCCCCCC(=O)OC(COC(=O)CCCCCCCCCCCCCCCCCCCCC/C=C\C/C=C\CCCCCCC)COC(OCC[N+](C)(C)C)C(=O)O. The number of carboxylic acids is 1. The molecule has 0 spiro atoms. The molecule has 0 fully saturated rings. The molecule has 562 valence electrons. The van der Waals surface area contributed by atoms with E-state index >= 15 is 0 Å². The molecule has 0 rings (SSSR count). The second-order valence-electron chi connectivity index (χ2n) is 29.1. The zero-order valence-corrected chi connectivity index (χ0v) is 64.5. The van der Waals surface area contributed by atoms with Gasteiger partial charge in [-0.05, 0) is 96.3 Å². The van der Waals surface area contributed by atoms with E-state index in [0.29, 0.717) is 17.4 Å². The van der Waals surface area contributed by atoms with Crippen molar-refractivity contribution in [3.63, 3.8) is 0 Å². The number of rotatable bonds is 77. The van der Waals surface area contributed by atoms with Crippen molar-refractivity contribution >= 4 is 17.9 Å². The summed E-state index contributed by atoms with van der Waals surface area (Å²) in [5.74, 6) is -1.98. The Morgan fingerprint density at radius 3 is 0.876 bits per heavy atom. The Morgan fingerprint density at radius 1 is 0.320 bits per heavy atom. The van der Waals surface area contributed by atoms with Gasteiger partial charge in [-0.1, -0.05) is 374 Å². The minimum Gasteiger partial charge on any atom is -0.477 e. The molecule has 0 aromatic carbocycles. The Kier molecular flexibility index (Phi) is 74.9. The fourth-order valence-corrected chi connectivity index (χ4v) is 12.1. The zero-order valence-electron chi connectivity index (χ0n) is 64.5. The Labute approximate surface area is 601 Å². The van der Waals surface area contributed by atoms with Gasteiger partial charge >= 0.3 is 17.9 Å². The van der Waals surface area contributed by atoms with E-state index in [1.165, 1.54) is 276 Å². The number of unbranched alkanes of at least 4 members (excludes halogenated alkanes) is 46. The van der Waals surface area contributed by atoms with Gasteiger partial charge in [0.25, 0.3) is 6.29 Å². The minimum atomic E-state index is -1.51. The van der Waals surface area contributed by atoms with E-state index in [1.807, 2.05) is 21.1 Å². The van der Waals surface area contributed by atoms with Crippen LogP contribution in [0, 0.1) is 0 Å². The van der Waals surface area contributed by atoms with Gasteiger partial charge in [0.15, 0.2) is 6.10 Å². The Morgan fingerprint density at radius 2 is 0.588 bits per heavy atom. The summed E-state index contributed by atoms with van der Waals surface area (Å²) in [7, 11) is 6.00. The Balaban J connectivity index is 3.97. The molecule has 0 radical (unpaired) electrons. The first-order chi connectivity index (χ1) is 47.6. The van der Waals surface area contributed by atoms with Gasteiger partial charge in [-0.25, -0.2) is 4.79 Å². The predicted octanol–water partition coefficient (Wildman–Crippen LogP) is 26.7. The zero-order chi connectivity index (χ0) is 70.4. The van der Waals surface area contributed by atoms with Crippen LogP contribution >= 0.6 is 0 Å². The molecule has 0 aromatic rings. The van der Waals surface area contributed by atoms with E-state index in [2.05, 4.69) is 111 Å². The third kappa shape index (κ3) is 79.4. The summed E-state index contributed by atoms with van der Waals surface area (Å²) in [6.07, 6.45) is 106. The van der Waals surface area contributed by atoms with Crippen LogP contribution in [0.4, 0.5) is 0 Å². The number of hydrogen-bond donors (Lipinski definition) is 1. The maximum Gasteiger partial charge on any atom is 0.361 e. The van der Waals surface area contributed by atoms with Gasteiger partial charge in [0.2, 0.25) is 0 Å². The number of carbonyl (C=O) groups excluding carboxylic acids is 2. The van der Waals surface area contributed by atoms with Crippen LogP contribution in [0.5, 0.6) is 0 Å². The second kappa shape index (κ2) is 77.9. The quantitative estimate of drug-likeness (QED) is 0.0211. The van der Waals surface area contributed by atoms with Gasteiger partial charge in [-0.2, -0.15) is 0 Å².